The molecule has 1 amide bonds. The molecule has 0 aromatic heterocycles. The molecule has 0 heterocycles. The van der Waals surface area contributed by atoms with Gasteiger partial charge in [0.2, 0.25) is 5.91 Å². The fraction of sp³-hybridized carbons (Fsp3) is 0.350. The molecule has 1 atom stereocenters. The first-order valence-corrected chi connectivity index (χ1v) is 9.35. The lowest BCUT2D eigenvalue weighted by molar-refractivity contribution is -0.120. The number of carbonyl (C=O) groups is 1. The van der Waals surface area contributed by atoms with E-state index < -0.39 is 0 Å². The third-order valence-corrected chi connectivity index (χ3v) is 5.10. The fourth-order valence-corrected chi connectivity index (χ4v) is 3.00. The third-order valence-electron chi connectivity index (χ3n) is 4.36. The van der Waals surface area contributed by atoms with E-state index in [-0.39, 0.29) is 11.9 Å². The Morgan fingerprint density at radius 3 is 2.25 bits per heavy atom. The molecule has 0 aliphatic carbocycles. The van der Waals surface area contributed by atoms with Gasteiger partial charge in [0.25, 0.3) is 0 Å². The number of anilines is 1. The molecule has 0 saturated carbocycles. The summed E-state index contributed by atoms with van der Waals surface area (Å²) in [6, 6.07) is 14.3. The maximum absolute atomic E-state index is 12.6. The second-order valence-electron chi connectivity index (χ2n) is 6.20. The zero-order valence-corrected chi connectivity index (χ0v) is 15.9. The summed E-state index contributed by atoms with van der Waals surface area (Å²) in [6.07, 6.45) is 2.07. The molecule has 2 aromatic rings. The smallest absolute Gasteiger partial charge is 0.241 e. The average Bonchev–Trinajstić information content (AvgIpc) is 2.58. The quantitative estimate of drug-likeness (QED) is 0.785. The summed E-state index contributed by atoms with van der Waals surface area (Å²) in [4.78, 5) is 15.9. The highest BCUT2D eigenvalue weighted by Gasteiger charge is 2.19. The molecule has 128 valence electrons. The molecule has 0 radical (unpaired) electrons. The second kappa shape index (κ2) is 8.36. The molecule has 0 spiro atoms. The molecule has 0 aliphatic rings. The van der Waals surface area contributed by atoms with Gasteiger partial charge in [-0.25, -0.2) is 0 Å². The van der Waals surface area contributed by atoms with Gasteiger partial charge in [0.15, 0.2) is 0 Å². The summed E-state index contributed by atoms with van der Waals surface area (Å²) >= 11 is 1.73. The van der Waals surface area contributed by atoms with Crippen LogP contribution in [0, 0.1) is 13.8 Å². The maximum Gasteiger partial charge on any atom is 0.241 e. The molecule has 1 N–H and O–H groups in total. The van der Waals surface area contributed by atoms with Crippen molar-refractivity contribution in [2.24, 2.45) is 0 Å². The molecule has 2 aromatic carbocycles. The van der Waals surface area contributed by atoms with Gasteiger partial charge >= 0.3 is 0 Å². The lowest BCUT2D eigenvalue weighted by Gasteiger charge is -2.24. The Balaban J connectivity index is 2.01. The van der Waals surface area contributed by atoms with Crippen molar-refractivity contribution in [1.82, 2.24) is 4.90 Å². The van der Waals surface area contributed by atoms with Gasteiger partial charge in [0, 0.05) is 17.1 Å². The minimum Gasteiger partial charge on any atom is -0.324 e. The second-order valence-corrected chi connectivity index (χ2v) is 7.07. The fourth-order valence-electron chi connectivity index (χ4n) is 2.60. The van der Waals surface area contributed by atoms with Crippen LogP contribution in [0.25, 0.3) is 0 Å². The molecule has 0 bridgehead atoms. The van der Waals surface area contributed by atoms with Gasteiger partial charge in [-0.2, -0.15) is 0 Å². The molecule has 0 unspecified atom stereocenters. The van der Waals surface area contributed by atoms with E-state index in [1.54, 1.807) is 11.8 Å². The van der Waals surface area contributed by atoms with E-state index in [1.165, 1.54) is 10.5 Å². The summed E-state index contributed by atoms with van der Waals surface area (Å²) in [5.41, 5.74) is 4.31. The van der Waals surface area contributed by atoms with Crippen LogP contribution in [0.15, 0.2) is 47.4 Å². The van der Waals surface area contributed by atoms with E-state index in [1.807, 2.05) is 46.0 Å². The Morgan fingerprint density at radius 2 is 1.71 bits per heavy atom. The number of benzene rings is 2. The van der Waals surface area contributed by atoms with Crippen LogP contribution in [0.2, 0.25) is 0 Å². The van der Waals surface area contributed by atoms with E-state index in [4.69, 9.17) is 0 Å². The monoisotopic (exact) mass is 342 g/mol. The Kier molecular flexibility index (Phi) is 6.46. The van der Waals surface area contributed by atoms with Crippen molar-refractivity contribution < 1.29 is 4.79 Å². The van der Waals surface area contributed by atoms with Crippen LogP contribution in [0.5, 0.6) is 0 Å². The van der Waals surface area contributed by atoms with E-state index in [9.17, 15) is 4.79 Å². The van der Waals surface area contributed by atoms with Crippen LogP contribution in [0.4, 0.5) is 5.69 Å². The van der Waals surface area contributed by atoms with E-state index >= 15 is 0 Å². The first kappa shape index (κ1) is 18.6. The minimum absolute atomic E-state index is 0.0237. The molecule has 4 heteroatoms. The molecular formula is C20H26N2OS. The number of carbonyl (C=O) groups excluding carboxylic acids is 1. The molecule has 2 rings (SSSR count). The topological polar surface area (TPSA) is 32.3 Å². The van der Waals surface area contributed by atoms with Crippen LogP contribution >= 0.6 is 11.8 Å². The lowest BCUT2D eigenvalue weighted by Crippen LogP contribution is -2.39. The lowest BCUT2D eigenvalue weighted by atomic mass is 10.1. The summed E-state index contributed by atoms with van der Waals surface area (Å²) in [5, 5.41) is 3.08. The number of hydrogen-bond donors (Lipinski definition) is 1. The van der Waals surface area contributed by atoms with Gasteiger partial charge in [-0.3, -0.25) is 9.69 Å². The first-order valence-electron chi connectivity index (χ1n) is 8.12. The van der Waals surface area contributed by atoms with E-state index in [0.29, 0.717) is 0 Å². The minimum atomic E-state index is -0.204. The van der Waals surface area contributed by atoms with E-state index in [0.717, 1.165) is 23.4 Å². The SMILES string of the molecule is CSc1ccc(CN(C)[C@@H](C)C(=O)Nc2c(C)cccc2C)cc1. The molecule has 0 aliphatic heterocycles. The van der Waals surface area contributed by atoms with Crippen molar-refractivity contribution in [3.05, 3.63) is 59.2 Å². The van der Waals surface area contributed by atoms with Crippen molar-refractivity contribution in [2.45, 2.75) is 38.3 Å². The Morgan fingerprint density at radius 1 is 1.12 bits per heavy atom. The van der Waals surface area contributed by atoms with Gasteiger partial charge in [-0.15, -0.1) is 11.8 Å². The number of hydrogen-bond acceptors (Lipinski definition) is 3. The van der Waals surface area contributed by atoms with Crippen LogP contribution < -0.4 is 5.32 Å². The number of amides is 1. The molecule has 3 nitrogen and oxygen atoms in total. The number of para-hydroxylation sites is 1. The average molecular weight is 343 g/mol. The molecule has 0 fully saturated rings. The molecular weight excluding hydrogens is 316 g/mol. The van der Waals surface area contributed by atoms with Gasteiger partial charge < -0.3 is 5.32 Å². The predicted octanol–water partition coefficient (Wildman–Crippen LogP) is 4.48. The predicted molar refractivity (Wildman–Crippen MR) is 104 cm³/mol. The van der Waals surface area contributed by atoms with Gasteiger partial charge in [-0.05, 0) is 62.9 Å². The van der Waals surface area contributed by atoms with Crippen molar-refractivity contribution in [3.8, 4) is 0 Å². The van der Waals surface area contributed by atoms with Crippen molar-refractivity contribution >= 4 is 23.4 Å². The molecule has 24 heavy (non-hydrogen) atoms. The zero-order valence-electron chi connectivity index (χ0n) is 15.1. The van der Waals surface area contributed by atoms with Crippen LogP contribution in [0.1, 0.15) is 23.6 Å². The number of nitrogens with one attached hydrogen (secondary N) is 1. The highest BCUT2D eigenvalue weighted by molar-refractivity contribution is 7.98. The Labute approximate surface area is 149 Å². The van der Waals surface area contributed by atoms with Gasteiger partial charge in [-0.1, -0.05) is 30.3 Å². The van der Waals surface area contributed by atoms with Crippen LogP contribution in [-0.4, -0.2) is 30.2 Å². The van der Waals surface area contributed by atoms with Crippen LogP contribution in [0.3, 0.4) is 0 Å². The number of aryl methyl sites for hydroxylation is 2. The van der Waals surface area contributed by atoms with E-state index in [2.05, 4.69) is 40.7 Å². The Hall–Kier alpha value is -1.78. The van der Waals surface area contributed by atoms with Crippen molar-refractivity contribution in [2.75, 3.05) is 18.6 Å². The number of likely N-dealkylation sites (N-methyl/N-ethyl adjacent to an activating group) is 1. The largest absolute Gasteiger partial charge is 0.324 e. The molecule has 0 saturated heterocycles. The number of nitrogens with zero attached hydrogens (tertiary/aromatic N) is 1. The van der Waals surface area contributed by atoms with Crippen LogP contribution in [-0.2, 0) is 11.3 Å². The highest BCUT2D eigenvalue weighted by atomic mass is 32.2. The van der Waals surface area contributed by atoms with Gasteiger partial charge in [0.1, 0.15) is 0 Å². The first-order chi connectivity index (χ1) is 11.4. The summed E-state index contributed by atoms with van der Waals surface area (Å²) in [5.74, 6) is 0.0237. The Bertz CT molecular complexity index is 677. The third kappa shape index (κ3) is 4.62. The number of thioether (sulfide) groups is 1. The summed E-state index contributed by atoms with van der Waals surface area (Å²) in [7, 11) is 1.98. The normalized spacial score (nSPS) is 12.2. The number of rotatable bonds is 6. The zero-order chi connectivity index (χ0) is 17.7. The van der Waals surface area contributed by atoms with Gasteiger partial charge in [0.05, 0.1) is 6.04 Å². The standard InChI is InChI=1S/C20H26N2OS/c1-14-7-6-8-15(2)19(14)21-20(23)16(3)22(4)13-17-9-11-18(24-5)12-10-17/h6-12,16H,13H2,1-5H3,(H,21,23)/t16-/m0/s1. The van der Waals surface area contributed by atoms with Crippen molar-refractivity contribution in [1.29, 1.82) is 0 Å². The summed E-state index contributed by atoms with van der Waals surface area (Å²) in [6.45, 7) is 6.73. The maximum atomic E-state index is 12.6. The summed E-state index contributed by atoms with van der Waals surface area (Å²) < 4.78 is 0. The highest BCUT2D eigenvalue weighted by Crippen LogP contribution is 2.20. The van der Waals surface area contributed by atoms with Crippen molar-refractivity contribution in [3.63, 3.8) is 0 Å².